The molecule has 50 heavy (non-hydrogen) atoms. The van der Waals surface area contributed by atoms with Crippen LogP contribution in [-0.4, -0.2) is 17.3 Å². The summed E-state index contributed by atoms with van der Waals surface area (Å²) in [5, 5.41) is 0. The zero-order valence-corrected chi connectivity index (χ0v) is 32.4. The van der Waals surface area contributed by atoms with Crippen LogP contribution in [0.5, 0.6) is 0 Å². The fraction of sp³-hybridized carbons (Fsp3) is 0.298. The zero-order chi connectivity index (χ0) is 37.9. The summed E-state index contributed by atoms with van der Waals surface area (Å²) < 4.78 is 0. The van der Waals surface area contributed by atoms with E-state index in [2.05, 4.69) is 47.6 Å². The van der Waals surface area contributed by atoms with E-state index in [1.54, 1.807) is 30.3 Å². The van der Waals surface area contributed by atoms with Gasteiger partial charge in [-0.05, 0) is 46.2 Å². The van der Waals surface area contributed by atoms with E-state index in [0.717, 1.165) is 16.7 Å². The van der Waals surface area contributed by atoms with Gasteiger partial charge < -0.3 is 0 Å². The Balaban J connectivity index is 0.000000456. The third-order valence-corrected chi connectivity index (χ3v) is 7.42. The molecule has 0 heterocycles. The predicted octanol–water partition coefficient (Wildman–Crippen LogP) is 12.7. The second kappa shape index (κ2) is 21.3. The van der Waals surface area contributed by atoms with Crippen LogP contribution >= 0.6 is 0 Å². The van der Waals surface area contributed by atoms with Gasteiger partial charge in [-0.1, -0.05) is 192 Å². The van der Waals surface area contributed by atoms with Gasteiger partial charge in [0, 0.05) is 33.4 Å². The lowest BCUT2D eigenvalue weighted by Crippen LogP contribution is -2.15. The van der Waals surface area contributed by atoms with Crippen LogP contribution in [0.4, 0.5) is 0 Å². The maximum atomic E-state index is 12.9. The lowest BCUT2D eigenvalue weighted by Gasteiger charge is -2.21. The van der Waals surface area contributed by atoms with Crippen molar-refractivity contribution in [3.05, 3.63) is 178 Å². The molecule has 0 aromatic heterocycles. The predicted molar refractivity (Wildman–Crippen MR) is 214 cm³/mol. The highest BCUT2D eigenvalue weighted by atomic mass is 16.1. The van der Waals surface area contributed by atoms with Gasteiger partial charge in [0.2, 0.25) is 0 Å². The molecule has 0 unspecified atom stereocenters. The molecule has 0 aliphatic carbocycles. The number of ketones is 3. The summed E-state index contributed by atoms with van der Waals surface area (Å²) in [6.07, 6.45) is 0. The minimum absolute atomic E-state index is 0.0625. The van der Waals surface area contributed by atoms with Gasteiger partial charge in [0.15, 0.2) is 17.3 Å². The summed E-state index contributed by atoms with van der Waals surface area (Å²) in [6, 6.07) is 41.1. The van der Waals surface area contributed by atoms with Crippen molar-refractivity contribution in [3.8, 4) is 0 Å². The van der Waals surface area contributed by atoms with E-state index >= 15 is 0 Å². The SMILES string of the molecule is CC.CC.CC.CC(C)(C)c1cc(C(=O)c2ccccc2)cc(C(=O)c2ccccc2)c1.CC(C)(C)c1cccc(C(=O)c2ccccc2)c1. The molecule has 3 heteroatoms. The van der Waals surface area contributed by atoms with Crippen LogP contribution in [0.3, 0.4) is 0 Å². The Morgan fingerprint density at radius 2 is 0.600 bits per heavy atom. The van der Waals surface area contributed by atoms with Crippen LogP contribution in [0.25, 0.3) is 0 Å². The van der Waals surface area contributed by atoms with Gasteiger partial charge in [-0.3, -0.25) is 14.4 Å². The van der Waals surface area contributed by atoms with Crippen molar-refractivity contribution < 1.29 is 14.4 Å². The first kappa shape index (κ1) is 43.1. The largest absolute Gasteiger partial charge is 0.289 e. The standard InChI is InChI=1S/C24H22O2.C17H18O.3C2H6/c1-24(2,3)21-15-19(22(25)17-10-6-4-7-11-17)14-20(16-21)23(26)18-12-8-5-9-13-18;1-17(2,3)15-11-7-10-14(12-15)16(18)13-8-5-4-6-9-13;3*1-2/h4-16H,1-3H3;4-12H,1-3H3;3*1-2H3. The van der Waals surface area contributed by atoms with Gasteiger partial charge in [0.25, 0.3) is 0 Å². The van der Waals surface area contributed by atoms with Gasteiger partial charge in [-0.25, -0.2) is 0 Å². The Morgan fingerprint density at radius 1 is 0.320 bits per heavy atom. The van der Waals surface area contributed by atoms with Gasteiger partial charge in [0.05, 0.1) is 0 Å². The third-order valence-electron chi connectivity index (χ3n) is 7.42. The highest BCUT2D eigenvalue weighted by Crippen LogP contribution is 2.27. The molecule has 0 saturated heterocycles. The molecule has 264 valence electrons. The fourth-order valence-corrected chi connectivity index (χ4v) is 4.72. The van der Waals surface area contributed by atoms with E-state index in [9.17, 15) is 14.4 Å². The number of hydrogen-bond donors (Lipinski definition) is 0. The van der Waals surface area contributed by atoms with Crippen LogP contribution in [0, 0.1) is 0 Å². The summed E-state index contributed by atoms with van der Waals surface area (Å²) >= 11 is 0. The molecular formula is C47H58O3. The Kier molecular flexibility index (Phi) is 18.3. The van der Waals surface area contributed by atoms with E-state index in [1.165, 1.54) is 5.56 Å². The first-order valence-electron chi connectivity index (χ1n) is 17.9. The minimum Gasteiger partial charge on any atom is -0.289 e. The fourth-order valence-electron chi connectivity index (χ4n) is 4.72. The van der Waals surface area contributed by atoms with Crippen LogP contribution in [0.15, 0.2) is 133 Å². The third kappa shape index (κ3) is 12.9. The minimum atomic E-state index is -0.168. The summed E-state index contributed by atoms with van der Waals surface area (Å²) in [7, 11) is 0. The highest BCUT2D eigenvalue weighted by molar-refractivity contribution is 6.13. The molecule has 0 saturated carbocycles. The first-order valence-corrected chi connectivity index (χ1v) is 17.9. The smallest absolute Gasteiger partial charge is 0.193 e. The average Bonchev–Trinajstić information content (AvgIpc) is 3.17. The first-order chi connectivity index (χ1) is 23.8. The Labute approximate surface area is 302 Å². The average molecular weight is 671 g/mol. The van der Waals surface area contributed by atoms with Crippen LogP contribution in [0.2, 0.25) is 0 Å². The van der Waals surface area contributed by atoms with Gasteiger partial charge in [0.1, 0.15) is 0 Å². The van der Waals surface area contributed by atoms with Crippen molar-refractivity contribution in [3.63, 3.8) is 0 Å². The van der Waals surface area contributed by atoms with Crippen molar-refractivity contribution in [2.45, 2.75) is 93.9 Å². The van der Waals surface area contributed by atoms with Gasteiger partial charge in [-0.2, -0.15) is 0 Å². The topological polar surface area (TPSA) is 51.2 Å². The second-order valence-corrected chi connectivity index (χ2v) is 13.0. The molecule has 3 nitrogen and oxygen atoms in total. The van der Waals surface area contributed by atoms with E-state index in [1.807, 2.05) is 139 Å². The molecule has 0 N–H and O–H groups in total. The normalized spacial score (nSPS) is 10.2. The van der Waals surface area contributed by atoms with Crippen molar-refractivity contribution in [2.24, 2.45) is 0 Å². The maximum Gasteiger partial charge on any atom is 0.193 e. The van der Waals surface area contributed by atoms with E-state index in [4.69, 9.17) is 0 Å². The molecule has 0 spiro atoms. The second-order valence-electron chi connectivity index (χ2n) is 13.0. The summed E-state index contributed by atoms with van der Waals surface area (Å²) in [5.74, 6) is -0.0562. The van der Waals surface area contributed by atoms with Gasteiger partial charge in [-0.15, -0.1) is 0 Å². The molecule has 0 fully saturated rings. The van der Waals surface area contributed by atoms with Gasteiger partial charge >= 0.3 is 0 Å². The summed E-state index contributed by atoms with van der Waals surface area (Å²) in [5.41, 5.74) is 5.88. The Bertz CT molecular complexity index is 1670. The molecule has 0 atom stereocenters. The van der Waals surface area contributed by atoms with Crippen molar-refractivity contribution in [1.82, 2.24) is 0 Å². The Morgan fingerprint density at radius 3 is 0.920 bits per heavy atom. The van der Waals surface area contributed by atoms with Crippen molar-refractivity contribution in [1.29, 1.82) is 0 Å². The number of rotatable bonds is 6. The molecule has 0 aliphatic heterocycles. The molecule has 0 radical (unpaired) electrons. The van der Waals surface area contributed by atoms with Crippen molar-refractivity contribution >= 4 is 17.3 Å². The quantitative estimate of drug-likeness (QED) is 0.169. The molecule has 0 amide bonds. The van der Waals surface area contributed by atoms with E-state index in [0.29, 0.717) is 22.3 Å². The molecule has 5 aromatic carbocycles. The molecule has 0 bridgehead atoms. The van der Waals surface area contributed by atoms with Crippen LogP contribution < -0.4 is 0 Å². The molecular weight excluding hydrogens is 613 g/mol. The maximum absolute atomic E-state index is 12.9. The number of carbonyl (C=O) groups is 3. The monoisotopic (exact) mass is 670 g/mol. The number of benzene rings is 5. The zero-order valence-electron chi connectivity index (χ0n) is 32.4. The van der Waals surface area contributed by atoms with E-state index < -0.39 is 0 Å². The highest BCUT2D eigenvalue weighted by Gasteiger charge is 2.21. The molecule has 5 aromatic rings. The summed E-state index contributed by atoms with van der Waals surface area (Å²) in [4.78, 5) is 38.2. The number of carbonyl (C=O) groups excluding carboxylic acids is 3. The molecule has 0 aliphatic rings. The Hall–Kier alpha value is -4.89. The lowest BCUT2D eigenvalue weighted by molar-refractivity contribution is 0.102. The lowest BCUT2D eigenvalue weighted by atomic mass is 9.83. The van der Waals surface area contributed by atoms with Crippen LogP contribution in [-0.2, 0) is 10.8 Å². The van der Waals surface area contributed by atoms with E-state index in [-0.39, 0.29) is 28.2 Å². The van der Waals surface area contributed by atoms with Crippen LogP contribution in [0.1, 0.15) is 142 Å². The molecule has 5 rings (SSSR count). The van der Waals surface area contributed by atoms with Crippen molar-refractivity contribution in [2.75, 3.05) is 0 Å². The number of hydrogen-bond acceptors (Lipinski definition) is 3. The summed E-state index contributed by atoms with van der Waals surface area (Å²) in [6.45, 7) is 24.7.